The minimum Gasteiger partial charge on any atom is -0.378 e. The molecule has 0 unspecified atom stereocenters. The number of nitrogens with zero attached hydrogens (tertiary/aromatic N) is 1. The third-order valence-corrected chi connectivity index (χ3v) is 7.11. The highest BCUT2D eigenvalue weighted by molar-refractivity contribution is 7.91. The highest BCUT2D eigenvalue weighted by atomic mass is 32.2. The predicted octanol–water partition coefficient (Wildman–Crippen LogP) is 3.02. The van der Waals surface area contributed by atoms with Gasteiger partial charge in [-0.05, 0) is 44.4 Å². The van der Waals surface area contributed by atoms with Gasteiger partial charge in [0.15, 0.2) is 9.84 Å². The molecule has 0 amide bonds. The Morgan fingerprint density at radius 1 is 1.08 bits per heavy atom. The van der Waals surface area contributed by atoms with E-state index < -0.39 is 9.84 Å². The average Bonchev–Trinajstić information content (AvgIpc) is 2.62. The van der Waals surface area contributed by atoms with Crippen molar-refractivity contribution in [3.8, 4) is 0 Å². The Balaban J connectivity index is 1.67. The van der Waals surface area contributed by atoms with Crippen LogP contribution in [0.4, 0.5) is 5.69 Å². The Kier molecular flexibility index (Phi) is 8.10. The lowest BCUT2D eigenvalue weighted by molar-refractivity contribution is -0.118. The molecule has 0 atom stereocenters. The normalized spacial score (nSPS) is 15.4. The molecule has 1 aromatic carbocycles. The maximum atomic E-state index is 12.1. The highest BCUT2D eigenvalue weighted by Crippen LogP contribution is 2.17. The topological polar surface area (TPSA) is 63.7 Å². The van der Waals surface area contributed by atoms with Gasteiger partial charge in [0.05, 0.1) is 24.2 Å². The number of unbranched alkanes of at least 4 members (excludes halogenated alkanes) is 2. The molecule has 1 aliphatic rings. The van der Waals surface area contributed by atoms with Crippen molar-refractivity contribution in [2.24, 2.45) is 0 Å². The summed E-state index contributed by atoms with van der Waals surface area (Å²) in [4.78, 5) is 14.4. The SMILES string of the molecule is CC(C)S(=O)(=O)CCCCCC(=O)Cc1ccc(N2CCOCC2)cc1. The molecule has 2 rings (SSSR count). The number of hydrogen-bond acceptors (Lipinski definition) is 5. The third kappa shape index (κ3) is 6.72. The van der Waals surface area contributed by atoms with E-state index in [-0.39, 0.29) is 16.8 Å². The number of ether oxygens (including phenoxy) is 1. The monoisotopic (exact) mass is 381 g/mol. The average molecular weight is 382 g/mol. The Labute approximate surface area is 157 Å². The second kappa shape index (κ2) is 10.1. The van der Waals surface area contributed by atoms with Crippen LogP contribution in [0.5, 0.6) is 0 Å². The summed E-state index contributed by atoms with van der Waals surface area (Å²) in [6.45, 7) is 6.76. The molecule has 0 N–H and O–H groups in total. The first-order valence-electron chi connectivity index (χ1n) is 9.53. The van der Waals surface area contributed by atoms with Crippen LogP contribution in [0.1, 0.15) is 45.1 Å². The number of carbonyl (C=O) groups excluding carboxylic acids is 1. The van der Waals surface area contributed by atoms with Crippen LogP contribution in [0.15, 0.2) is 24.3 Å². The van der Waals surface area contributed by atoms with E-state index in [1.54, 1.807) is 13.8 Å². The minimum absolute atomic E-state index is 0.218. The number of benzene rings is 1. The molecule has 1 aromatic rings. The second-order valence-corrected chi connectivity index (χ2v) is 9.88. The first-order chi connectivity index (χ1) is 12.4. The van der Waals surface area contributed by atoms with Gasteiger partial charge in [-0.25, -0.2) is 8.42 Å². The van der Waals surface area contributed by atoms with Crippen LogP contribution < -0.4 is 4.90 Å². The van der Waals surface area contributed by atoms with Crippen LogP contribution in [-0.2, 0) is 25.8 Å². The molecule has 5 nitrogen and oxygen atoms in total. The quantitative estimate of drug-likeness (QED) is 0.583. The number of Topliss-reactive ketones (excluding diaryl/α,β-unsaturated/α-hetero) is 1. The van der Waals surface area contributed by atoms with E-state index in [0.29, 0.717) is 19.3 Å². The predicted molar refractivity (Wildman–Crippen MR) is 106 cm³/mol. The van der Waals surface area contributed by atoms with Crippen molar-refractivity contribution in [2.75, 3.05) is 37.0 Å². The Bertz CT molecular complexity index is 662. The van der Waals surface area contributed by atoms with Gasteiger partial charge >= 0.3 is 0 Å². The lowest BCUT2D eigenvalue weighted by Crippen LogP contribution is -2.36. The van der Waals surface area contributed by atoms with E-state index in [9.17, 15) is 13.2 Å². The summed E-state index contributed by atoms with van der Waals surface area (Å²) in [6, 6.07) is 8.20. The van der Waals surface area contributed by atoms with Crippen LogP contribution in [0.2, 0.25) is 0 Å². The number of ketones is 1. The molecule has 26 heavy (non-hydrogen) atoms. The molecule has 6 heteroatoms. The molecule has 0 radical (unpaired) electrons. The molecule has 1 fully saturated rings. The largest absolute Gasteiger partial charge is 0.378 e. The number of sulfone groups is 1. The van der Waals surface area contributed by atoms with Crippen LogP contribution in [-0.4, -0.2) is 51.5 Å². The fraction of sp³-hybridized carbons (Fsp3) is 0.650. The molecule has 0 bridgehead atoms. The summed E-state index contributed by atoms with van der Waals surface area (Å²) in [5.74, 6) is 0.442. The van der Waals surface area contributed by atoms with Crippen molar-refractivity contribution < 1.29 is 17.9 Å². The van der Waals surface area contributed by atoms with Crippen LogP contribution in [0.3, 0.4) is 0 Å². The fourth-order valence-corrected chi connectivity index (χ4v) is 4.08. The molecule has 0 aliphatic carbocycles. The van der Waals surface area contributed by atoms with Crippen LogP contribution >= 0.6 is 0 Å². The van der Waals surface area contributed by atoms with Gasteiger partial charge in [-0.1, -0.05) is 18.6 Å². The summed E-state index contributed by atoms with van der Waals surface area (Å²) in [5.41, 5.74) is 2.21. The number of hydrogen-bond donors (Lipinski definition) is 0. The third-order valence-electron chi connectivity index (χ3n) is 4.82. The van der Waals surface area contributed by atoms with Crippen LogP contribution in [0.25, 0.3) is 0 Å². The molecule has 1 saturated heterocycles. The molecular formula is C20H31NO4S. The zero-order valence-corrected chi connectivity index (χ0v) is 16.8. The Hall–Kier alpha value is -1.40. The van der Waals surface area contributed by atoms with Gasteiger partial charge < -0.3 is 9.64 Å². The molecule has 0 aromatic heterocycles. The lowest BCUT2D eigenvalue weighted by atomic mass is 10.0. The number of carbonyl (C=O) groups is 1. The minimum atomic E-state index is -2.96. The maximum Gasteiger partial charge on any atom is 0.152 e. The zero-order valence-electron chi connectivity index (χ0n) is 15.9. The van der Waals surface area contributed by atoms with Gasteiger partial charge in [-0.3, -0.25) is 4.79 Å². The van der Waals surface area contributed by atoms with E-state index in [4.69, 9.17) is 4.74 Å². The number of morpholine rings is 1. The summed E-state index contributed by atoms with van der Waals surface area (Å²) < 4.78 is 28.8. The second-order valence-electron chi connectivity index (χ2n) is 7.21. The Morgan fingerprint density at radius 2 is 1.73 bits per heavy atom. The van der Waals surface area contributed by atoms with E-state index in [2.05, 4.69) is 17.0 Å². The van der Waals surface area contributed by atoms with Gasteiger partial charge in [0, 0.05) is 31.6 Å². The van der Waals surface area contributed by atoms with E-state index in [0.717, 1.165) is 44.7 Å². The first-order valence-corrected chi connectivity index (χ1v) is 11.2. The summed E-state index contributed by atoms with van der Waals surface area (Å²) >= 11 is 0. The van der Waals surface area contributed by atoms with Gasteiger partial charge in [-0.2, -0.15) is 0 Å². The molecule has 1 heterocycles. The van der Waals surface area contributed by atoms with Crippen molar-refractivity contribution in [1.29, 1.82) is 0 Å². The smallest absolute Gasteiger partial charge is 0.152 e. The molecular weight excluding hydrogens is 350 g/mol. The highest BCUT2D eigenvalue weighted by Gasteiger charge is 2.15. The van der Waals surface area contributed by atoms with Crippen molar-refractivity contribution in [2.45, 2.75) is 51.2 Å². The summed E-state index contributed by atoms with van der Waals surface area (Å²) in [6.07, 6.45) is 3.16. The summed E-state index contributed by atoms with van der Waals surface area (Å²) in [5, 5.41) is -0.315. The number of anilines is 1. The standard InChI is InChI=1S/C20H31NO4S/c1-17(2)26(23,24)15-5-3-4-6-20(22)16-18-7-9-19(10-8-18)21-11-13-25-14-12-21/h7-10,17H,3-6,11-16H2,1-2H3. The Morgan fingerprint density at radius 3 is 2.35 bits per heavy atom. The van der Waals surface area contributed by atoms with Crippen LogP contribution in [0, 0.1) is 0 Å². The van der Waals surface area contributed by atoms with Gasteiger partial charge in [0.2, 0.25) is 0 Å². The van der Waals surface area contributed by atoms with Crippen molar-refractivity contribution in [3.63, 3.8) is 0 Å². The van der Waals surface area contributed by atoms with Gasteiger partial charge in [-0.15, -0.1) is 0 Å². The molecule has 146 valence electrons. The summed E-state index contributed by atoms with van der Waals surface area (Å²) in [7, 11) is -2.96. The molecule has 0 saturated carbocycles. The van der Waals surface area contributed by atoms with Crippen molar-refractivity contribution in [3.05, 3.63) is 29.8 Å². The lowest BCUT2D eigenvalue weighted by Gasteiger charge is -2.28. The van der Waals surface area contributed by atoms with E-state index >= 15 is 0 Å². The number of rotatable bonds is 10. The fourth-order valence-electron chi connectivity index (χ4n) is 3.00. The zero-order chi connectivity index (χ0) is 19.0. The molecule has 1 aliphatic heterocycles. The maximum absolute atomic E-state index is 12.1. The van der Waals surface area contributed by atoms with E-state index in [1.165, 1.54) is 5.69 Å². The van der Waals surface area contributed by atoms with Crippen molar-refractivity contribution in [1.82, 2.24) is 0 Å². The van der Waals surface area contributed by atoms with Gasteiger partial charge in [0.1, 0.15) is 5.78 Å². The van der Waals surface area contributed by atoms with Gasteiger partial charge in [0.25, 0.3) is 0 Å². The first kappa shape index (κ1) is 20.9. The van der Waals surface area contributed by atoms with E-state index in [1.807, 2.05) is 12.1 Å². The molecule has 0 spiro atoms. The van der Waals surface area contributed by atoms with Crippen molar-refractivity contribution >= 4 is 21.3 Å².